The Kier molecular flexibility index (Phi) is 6.52. The molecule has 0 aliphatic carbocycles. The van der Waals surface area contributed by atoms with Crippen molar-refractivity contribution in [3.8, 4) is 0 Å². The van der Waals surface area contributed by atoms with Crippen molar-refractivity contribution in [3.63, 3.8) is 0 Å². The van der Waals surface area contributed by atoms with Crippen molar-refractivity contribution in [2.24, 2.45) is 0 Å². The lowest BCUT2D eigenvalue weighted by atomic mass is 10.1. The predicted octanol–water partition coefficient (Wildman–Crippen LogP) is 1.83. The maximum Gasteiger partial charge on any atom is 0.306 e. The zero-order valence-electron chi connectivity index (χ0n) is 11.3. The van der Waals surface area contributed by atoms with Gasteiger partial charge in [0.2, 0.25) is 0 Å². The molecule has 0 spiro atoms. The van der Waals surface area contributed by atoms with E-state index in [-0.39, 0.29) is 5.97 Å². The first-order valence-corrected chi connectivity index (χ1v) is 6.59. The molecule has 1 fully saturated rings. The molecule has 0 aromatic heterocycles. The van der Waals surface area contributed by atoms with E-state index in [2.05, 4.69) is 23.5 Å². The molecular formula is C13H25NO3. The Bertz CT molecular complexity index is 227. The lowest BCUT2D eigenvalue weighted by Crippen LogP contribution is -2.40. The van der Waals surface area contributed by atoms with E-state index >= 15 is 0 Å². The summed E-state index contributed by atoms with van der Waals surface area (Å²) < 4.78 is 10.3. The van der Waals surface area contributed by atoms with Gasteiger partial charge in [0.1, 0.15) is 0 Å². The normalized spacial score (nSPS) is 21.8. The summed E-state index contributed by atoms with van der Waals surface area (Å²) in [6, 6.07) is 0.490. The van der Waals surface area contributed by atoms with Crippen molar-refractivity contribution in [2.45, 2.75) is 51.7 Å². The van der Waals surface area contributed by atoms with Crippen LogP contribution in [0.1, 0.15) is 39.5 Å². The third kappa shape index (κ3) is 5.04. The summed E-state index contributed by atoms with van der Waals surface area (Å²) in [4.78, 5) is 13.5. The van der Waals surface area contributed by atoms with Gasteiger partial charge >= 0.3 is 5.97 Å². The summed E-state index contributed by atoms with van der Waals surface area (Å²) in [6.07, 6.45) is 4.21. The molecule has 4 nitrogen and oxygen atoms in total. The predicted molar refractivity (Wildman–Crippen MR) is 66.9 cm³/mol. The molecule has 2 atom stereocenters. The van der Waals surface area contributed by atoms with E-state index in [1.54, 1.807) is 0 Å². The molecule has 0 radical (unpaired) electrons. The number of methoxy groups -OCH3 is 1. The standard InChI is InChI=1S/C13H25NO3/c1-4-11(2)14(8-7-13(15)16-3)10-12-6-5-9-17-12/h11-12H,4-10H2,1-3H3. The second-order valence-corrected chi connectivity index (χ2v) is 4.71. The van der Waals surface area contributed by atoms with E-state index in [0.29, 0.717) is 18.6 Å². The van der Waals surface area contributed by atoms with Crippen LogP contribution in [0.5, 0.6) is 0 Å². The first-order chi connectivity index (χ1) is 8.17. The highest BCUT2D eigenvalue weighted by Gasteiger charge is 2.22. The van der Waals surface area contributed by atoms with Crippen LogP contribution in [0.3, 0.4) is 0 Å². The molecule has 0 N–H and O–H groups in total. The minimum atomic E-state index is -0.134. The van der Waals surface area contributed by atoms with Crippen molar-refractivity contribution in [1.29, 1.82) is 0 Å². The molecule has 100 valence electrons. The Balaban J connectivity index is 2.38. The van der Waals surface area contributed by atoms with Gasteiger partial charge in [-0.3, -0.25) is 9.69 Å². The van der Waals surface area contributed by atoms with Gasteiger partial charge in [-0.05, 0) is 26.2 Å². The van der Waals surface area contributed by atoms with Crippen molar-refractivity contribution < 1.29 is 14.3 Å². The van der Waals surface area contributed by atoms with Crippen LogP contribution in [0.15, 0.2) is 0 Å². The Hall–Kier alpha value is -0.610. The SMILES string of the molecule is CCC(C)N(CCC(=O)OC)CC1CCCO1. The van der Waals surface area contributed by atoms with Crippen LogP contribution >= 0.6 is 0 Å². The maximum absolute atomic E-state index is 11.2. The number of hydrogen-bond acceptors (Lipinski definition) is 4. The fourth-order valence-corrected chi connectivity index (χ4v) is 2.14. The van der Waals surface area contributed by atoms with E-state index in [1.165, 1.54) is 7.11 Å². The van der Waals surface area contributed by atoms with E-state index in [9.17, 15) is 4.79 Å². The van der Waals surface area contributed by atoms with Crippen LogP contribution in [0.2, 0.25) is 0 Å². The summed E-state index contributed by atoms with van der Waals surface area (Å²) >= 11 is 0. The second-order valence-electron chi connectivity index (χ2n) is 4.71. The average Bonchev–Trinajstić information content (AvgIpc) is 2.85. The van der Waals surface area contributed by atoms with Crippen LogP contribution < -0.4 is 0 Å². The number of carbonyl (C=O) groups is 1. The molecule has 1 saturated heterocycles. The van der Waals surface area contributed by atoms with Gasteiger partial charge in [0.25, 0.3) is 0 Å². The molecule has 1 rings (SSSR count). The summed E-state index contributed by atoms with van der Waals surface area (Å²) in [5, 5.41) is 0. The Morgan fingerprint density at radius 1 is 1.59 bits per heavy atom. The summed E-state index contributed by atoms with van der Waals surface area (Å²) in [5.74, 6) is -0.134. The van der Waals surface area contributed by atoms with E-state index in [0.717, 1.165) is 39.0 Å². The van der Waals surface area contributed by atoms with Gasteiger partial charge < -0.3 is 9.47 Å². The zero-order chi connectivity index (χ0) is 12.7. The zero-order valence-corrected chi connectivity index (χ0v) is 11.3. The fourth-order valence-electron chi connectivity index (χ4n) is 2.14. The molecule has 0 bridgehead atoms. The highest BCUT2D eigenvalue weighted by Crippen LogP contribution is 2.16. The molecule has 1 aliphatic heterocycles. The second kappa shape index (κ2) is 7.67. The Labute approximate surface area is 104 Å². The monoisotopic (exact) mass is 243 g/mol. The largest absolute Gasteiger partial charge is 0.469 e. The van der Waals surface area contributed by atoms with E-state index < -0.39 is 0 Å². The Morgan fingerprint density at radius 2 is 2.35 bits per heavy atom. The van der Waals surface area contributed by atoms with Crippen molar-refractivity contribution in [2.75, 3.05) is 26.8 Å². The molecule has 4 heteroatoms. The highest BCUT2D eigenvalue weighted by atomic mass is 16.5. The van der Waals surface area contributed by atoms with Crippen LogP contribution in [-0.4, -0.2) is 49.8 Å². The molecule has 17 heavy (non-hydrogen) atoms. The first kappa shape index (κ1) is 14.5. The summed E-state index contributed by atoms with van der Waals surface area (Å²) in [5.41, 5.74) is 0. The van der Waals surface area contributed by atoms with Gasteiger partial charge in [-0.25, -0.2) is 0 Å². The molecule has 1 aliphatic rings. The van der Waals surface area contributed by atoms with Crippen molar-refractivity contribution >= 4 is 5.97 Å². The van der Waals surface area contributed by atoms with Crippen molar-refractivity contribution in [1.82, 2.24) is 4.90 Å². The maximum atomic E-state index is 11.2. The minimum absolute atomic E-state index is 0.134. The van der Waals surface area contributed by atoms with Gasteiger partial charge in [-0.15, -0.1) is 0 Å². The molecule has 0 amide bonds. The lowest BCUT2D eigenvalue weighted by Gasteiger charge is -2.30. The van der Waals surface area contributed by atoms with Gasteiger partial charge in [0.05, 0.1) is 19.6 Å². The van der Waals surface area contributed by atoms with E-state index in [1.807, 2.05) is 0 Å². The number of ether oxygens (including phenoxy) is 2. The molecule has 2 unspecified atom stereocenters. The van der Waals surface area contributed by atoms with Crippen LogP contribution in [0.25, 0.3) is 0 Å². The Morgan fingerprint density at radius 3 is 2.88 bits per heavy atom. The molecular weight excluding hydrogens is 218 g/mol. The average molecular weight is 243 g/mol. The van der Waals surface area contributed by atoms with Gasteiger partial charge in [0, 0.05) is 25.7 Å². The molecule has 0 aromatic carbocycles. The van der Waals surface area contributed by atoms with E-state index in [4.69, 9.17) is 4.74 Å². The number of rotatable bonds is 7. The molecule has 1 heterocycles. The topological polar surface area (TPSA) is 38.8 Å². The quantitative estimate of drug-likeness (QED) is 0.639. The highest BCUT2D eigenvalue weighted by molar-refractivity contribution is 5.69. The van der Waals surface area contributed by atoms with Gasteiger partial charge in [0.15, 0.2) is 0 Å². The third-order valence-electron chi connectivity index (χ3n) is 3.51. The smallest absolute Gasteiger partial charge is 0.306 e. The summed E-state index contributed by atoms with van der Waals surface area (Å²) in [7, 11) is 1.44. The van der Waals surface area contributed by atoms with Gasteiger partial charge in [-0.2, -0.15) is 0 Å². The molecule has 0 saturated carbocycles. The fraction of sp³-hybridized carbons (Fsp3) is 0.923. The first-order valence-electron chi connectivity index (χ1n) is 6.59. The van der Waals surface area contributed by atoms with Crippen LogP contribution in [0.4, 0.5) is 0 Å². The molecule has 0 aromatic rings. The van der Waals surface area contributed by atoms with Gasteiger partial charge in [-0.1, -0.05) is 6.92 Å². The number of esters is 1. The number of hydrogen-bond donors (Lipinski definition) is 0. The van der Waals surface area contributed by atoms with Crippen LogP contribution in [0, 0.1) is 0 Å². The lowest BCUT2D eigenvalue weighted by molar-refractivity contribution is -0.141. The number of carbonyl (C=O) groups excluding carboxylic acids is 1. The number of nitrogens with zero attached hydrogens (tertiary/aromatic N) is 1. The van der Waals surface area contributed by atoms with Crippen LogP contribution in [-0.2, 0) is 14.3 Å². The third-order valence-corrected chi connectivity index (χ3v) is 3.51. The van der Waals surface area contributed by atoms with Crippen molar-refractivity contribution in [3.05, 3.63) is 0 Å². The minimum Gasteiger partial charge on any atom is -0.469 e. The summed E-state index contributed by atoms with van der Waals surface area (Å²) in [6.45, 7) is 6.96.